The van der Waals surface area contributed by atoms with E-state index >= 15 is 0 Å². The van der Waals surface area contributed by atoms with Crippen LogP contribution in [-0.4, -0.2) is 44.8 Å². The number of fused-ring (bicyclic) bond motifs is 1. The van der Waals surface area contributed by atoms with Gasteiger partial charge in [-0.05, 0) is 68.0 Å². The molecular formula is C34H43FN4O4. The van der Waals surface area contributed by atoms with Gasteiger partial charge in [-0.25, -0.2) is 9.37 Å². The zero-order valence-electron chi connectivity index (χ0n) is 25.7. The van der Waals surface area contributed by atoms with Gasteiger partial charge in [-0.2, -0.15) is 0 Å². The number of amides is 1. The fourth-order valence-electron chi connectivity index (χ4n) is 4.31. The second-order valence-corrected chi connectivity index (χ2v) is 10.7. The van der Waals surface area contributed by atoms with Gasteiger partial charge >= 0.3 is 5.97 Å². The summed E-state index contributed by atoms with van der Waals surface area (Å²) in [6.45, 7) is 14.3. The van der Waals surface area contributed by atoms with Crippen molar-refractivity contribution in [3.63, 3.8) is 0 Å². The molecule has 9 heteroatoms. The van der Waals surface area contributed by atoms with Gasteiger partial charge < -0.3 is 20.3 Å². The van der Waals surface area contributed by atoms with Crippen LogP contribution in [0, 0.1) is 5.92 Å². The molecule has 2 aliphatic rings. The van der Waals surface area contributed by atoms with Gasteiger partial charge in [0.2, 0.25) is 6.17 Å². The summed E-state index contributed by atoms with van der Waals surface area (Å²) in [5.41, 5.74) is 3.71. The van der Waals surface area contributed by atoms with E-state index in [0.717, 1.165) is 22.6 Å². The Hall–Kier alpha value is -3.79. The van der Waals surface area contributed by atoms with E-state index in [9.17, 15) is 19.4 Å². The SMILES string of the molecule is C=C(C=N/C=C(\C)C1CC1)c1ccc(=C/C)/c(=C\C(=C\CC)CNC(=O)c2cnc3c(c2)C(F)C(O)(O)OC3)n1.CCC. The lowest BCUT2D eigenvalue weighted by Gasteiger charge is -2.31. The van der Waals surface area contributed by atoms with E-state index in [-0.39, 0.29) is 30.0 Å². The Morgan fingerprint density at radius 3 is 2.65 bits per heavy atom. The van der Waals surface area contributed by atoms with Crippen LogP contribution in [0.5, 0.6) is 0 Å². The quantitative estimate of drug-likeness (QED) is 0.285. The van der Waals surface area contributed by atoms with Crippen molar-refractivity contribution < 1.29 is 24.1 Å². The van der Waals surface area contributed by atoms with E-state index < -0.39 is 18.1 Å². The number of ether oxygens (including phenoxy) is 1. The predicted molar refractivity (Wildman–Crippen MR) is 169 cm³/mol. The van der Waals surface area contributed by atoms with Crippen molar-refractivity contribution in [1.82, 2.24) is 15.3 Å². The number of alkyl halides is 1. The van der Waals surface area contributed by atoms with Crippen LogP contribution < -0.4 is 15.9 Å². The third-order valence-corrected chi connectivity index (χ3v) is 6.86. The molecule has 8 nitrogen and oxygen atoms in total. The fourth-order valence-corrected chi connectivity index (χ4v) is 4.31. The molecule has 4 rings (SSSR count). The molecule has 230 valence electrons. The van der Waals surface area contributed by atoms with Crippen molar-refractivity contribution in [3.8, 4) is 0 Å². The number of aromatic nitrogens is 2. The molecule has 0 aromatic carbocycles. The maximum absolute atomic E-state index is 14.5. The second kappa shape index (κ2) is 15.6. The first-order valence-corrected chi connectivity index (χ1v) is 14.8. The first-order valence-electron chi connectivity index (χ1n) is 14.8. The second-order valence-electron chi connectivity index (χ2n) is 10.7. The number of halogens is 1. The van der Waals surface area contributed by atoms with Gasteiger partial charge in [-0.1, -0.05) is 57.6 Å². The van der Waals surface area contributed by atoms with Gasteiger partial charge in [-0.3, -0.25) is 14.8 Å². The lowest BCUT2D eigenvalue weighted by Crippen LogP contribution is -2.41. The van der Waals surface area contributed by atoms with E-state index in [0.29, 0.717) is 17.2 Å². The molecule has 1 aliphatic heterocycles. The minimum Gasteiger partial charge on any atom is -0.348 e. The zero-order valence-corrected chi connectivity index (χ0v) is 25.7. The largest absolute Gasteiger partial charge is 0.348 e. The third kappa shape index (κ3) is 9.35. The van der Waals surface area contributed by atoms with Crippen LogP contribution in [0.1, 0.15) is 93.8 Å². The van der Waals surface area contributed by atoms with Crippen molar-refractivity contribution in [2.75, 3.05) is 6.54 Å². The predicted octanol–water partition coefficient (Wildman–Crippen LogP) is 4.82. The highest BCUT2D eigenvalue weighted by molar-refractivity contribution is 6.08. The van der Waals surface area contributed by atoms with Gasteiger partial charge in [0.15, 0.2) is 0 Å². The Bertz CT molecular complexity index is 1520. The molecule has 0 radical (unpaired) electrons. The molecule has 1 atom stereocenters. The van der Waals surface area contributed by atoms with Crippen molar-refractivity contribution in [2.45, 2.75) is 79.1 Å². The summed E-state index contributed by atoms with van der Waals surface area (Å²) in [7, 11) is 0. The smallest absolute Gasteiger partial charge is 0.316 e. The highest BCUT2D eigenvalue weighted by atomic mass is 19.1. The van der Waals surface area contributed by atoms with Crippen molar-refractivity contribution >= 4 is 29.8 Å². The zero-order chi connectivity index (χ0) is 31.6. The van der Waals surface area contributed by atoms with Gasteiger partial charge in [0.25, 0.3) is 5.91 Å². The number of hydrogen-bond acceptors (Lipinski definition) is 7. The number of hydrogen-bond donors (Lipinski definition) is 3. The van der Waals surface area contributed by atoms with Crippen molar-refractivity contribution in [3.05, 3.63) is 87.5 Å². The van der Waals surface area contributed by atoms with Crippen LogP contribution >= 0.6 is 0 Å². The van der Waals surface area contributed by atoms with E-state index in [1.54, 1.807) is 6.21 Å². The Morgan fingerprint density at radius 2 is 2.00 bits per heavy atom. The number of nitrogens with one attached hydrogen (secondary N) is 1. The Kier molecular flexibility index (Phi) is 12.2. The van der Waals surface area contributed by atoms with Crippen molar-refractivity contribution in [2.24, 2.45) is 10.9 Å². The summed E-state index contributed by atoms with van der Waals surface area (Å²) in [6.07, 6.45) is 13.0. The summed E-state index contributed by atoms with van der Waals surface area (Å²) >= 11 is 0. The lowest BCUT2D eigenvalue weighted by molar-refractivity contribution is -0.379. The van der Waals surface area contributed by atoms with Gasteiger partial charge in [0.1, 0.15) is 0 Å². The topological polar surface area (TPSA) is 117 Å². The van der Waals surface area contributed by atoms with Crippen LogP contribution in [-0.2, 0) is 11.3 Å². The summed E-state index contributed by atoms with van der Waals surface area (Å²) < 4.78 is 19.2. The molecule has 0 saturated heterocycles. The third-order valence-electron chi connectivity index (χ3n) is 6.86. The van der Waals surface area contributed by atoms with Crippen LogP contribution in [0.15, 0.2) is 59.4 Å². The van der Waals surface area contributed by atoms with E-state index in [4.69, 9.17) is 4.98 Å². The number of carbonyl (C=O) groups excluding carboxylic acids is 1. The highest BCUT2D eigenvalue weighted by Crippen LogP contribution is 2.37. The van der Waals surface area contributed by atoms with Crippen LogP contribution in [0.4, 0.5) is 4.39 Å². The number of aliphatic imine (C=N–C) groups is 1. The standard InChI is InChI=1S/C31H35FN4O4.C3H8/c1-5-7-21(16-35-30(37)24-13-25-28(34-17-24)18-40-31(38,39)29(25)32)12-27-22(6-2)10-11-26(36-27)20(4)15-33-14-19(3)23-8-9-23;1-3-2/h6-7,10-15,17,23,29,38-39H,4-5,8-9,16,18H2,1-3H3,(H,35,37);3H2,1-2H3/b19-14+,21-7-,22-6-,27-12+,33-15?;. The molecule has 0 spiro atoms. The average Bonchev–Trinajstić information content (AvgIpc) is 3.84. The molecule has 1 unspecified atom stereocenters. The summed E-state index contributed by atoms with van der Waals surface area (Å²) in [4.78, 5) is 26.2. The first kappa shape index (κ1) is 33.7. The Morgan fingerprint density at radius 1 is 1.28 bits per heavy atom. The normalized spacial score (nSPS) is 19.1. The monoisotopic (exact) mass is 590 g/mol. The number of rotatable bonds is 9. The van der Waals surface area contributed by atoms with Crippen LogP contribution in [0.2, 0.25) is 0 Å². The maximum atomic E-state index is 14.5. The Balaban J connectivity index is 0.00000162. The van der Waals surface area contributed by atoms with Crippen LogP contribution in [0.25, 0.3) is 17.7 Å². The first-order chi connectivity index (χ1) is 20.5. The molecule has 1 aliphatic carbocycles. The molecule has 3 N–H and O–H groups in total. The molecule has 0 bridgehead atoms. The van der Waals surface area contributed by atoms with Gasteiger partial charge in [-0.15, -0.1) is 0 Å². The number of aliphatic hydroxyl groups is 2. The fraction of sp³-hybridized carbons (Fsp3) is 0.412. The summed E-state index contributed by atoms with van der Waals surface area (Å²) in [5.74, 6) is -2.78. The van der Waals surface area contributed by atoms with Gasteiger partial charge in [0, 0.05) is 36.3 Å². The summed E-state index contributed by atoms with van der Waals surface area (Å²) in [5, 5.41) is 23.8. The van der Waals surface area contributed by atoms with E-state index in [1.165, 1.54) is 37.1 Å². The lowest BCUT2D eigenvalue weighted by atomic mass is 10.0. The molecule has 1 fully saturated rings. The molecule has 43 heavy (non-hydrogen) atoms. The number of pyridine rings is 2. The minimum atomic E-state index is -2.96. The van der Waals surface area contributed by atoms with Crippen molar-refractivity contribution in [1.29, 1.82) is 0 Å². The number of carbonyl (C=O) groups is 1. The molecule has 1 amide bonds. The van der Waals surface area contributed by atoms with Crippen LogP contribution in [0.3, 0.4) is 0 Å². The minimum absolute atomic E-state index is 0.0918. The number of nitrogens with zero attached hydrogens (tertiary/aromatic N) is 3. The average molecular weight is 591 g/mol. The Labute approximate surface area is 253 Å². The molecule has 2 aromatic rings. The van der Waals surface area contributed by atoms with E-state index in [2.05, 4.69) is 47.4 Å². The maximum Gasteiger partial charge on any atom is 0.316 e. The molecule has 1 saturated carbocycles. The summed E-state index contributed by atoms with van der Waals surface area (Å²) in [6, 6.07) is 5.14. The molecule has 2 aromatic heterocycles. The van der Waals surface area contributed by atoms with E-state index in [1.807, 2.05) is 50.4 Å². The molecule has 3 heterocycles. The number of allylic oxidation sites excluding steroid dienone is 3. The molecular weight excluding hydrogens is 547 g/mol. The highest BCUT2D eigenvalue weighted by Gasteiger charge is 2.43. The van der Waals surface area contributed by atoms with Gasteiger partial charge in [0.05, 0.1) is 28.9 Å².